The van der Waals surface area contributed by atoms with Crippen LogP contribution in [-0.4, -0.2) is 0 Å². The van der Waals surface area contributed by atoms with Crippen LogP contribution < -0.4 is 0 Å². The molecule has 0 aromatic carbocycles. The van der Waals surface area contributed by atoms with Crippen LogP contribution in [0.15, 0.2) is 0 Å². The van der Waals surface area contributed by atoms with E-state index in [2.05, 4.69) is 13.8 Å². The summed E-state index contributed by atoms with van der Waals surface area (Å²) in [6.45, 7) is 4.84. The monoisotopic (exact) mass is 152 g/mol. The van der Waals surface area contributed by atoms with Gasteiger partial charge in [-0.05, 0) is 49.4 Å². The van der Waals surface area contributed by atoms with Crippen LogP contribution in [-0.2, 0) is 0 Å². The Kier molecular flexibility index (Phi) is 1.74. The standard InChI is InChI=1S/C11H20/c1-3-7-11(2)8-6-10(11)9-4-5-9/h9-10H,3-8H2,1-2H3. The first-order valence-corrected chi connectivity index (χ1v) is 5.26. The quantitative estimate of drug-likeness (QED) is 0.579. The van der Waals surface area contributed by atoms with Gasteiger partial charge < -0.3 is 0 Å². The fourth-order valence-corrected chi connectivity index (χ4v) is 2.99. The van der Waals surface area contributed by atoms with E-state index in [1.165, 1.54) is 19.3 Å². The molecule has 0 spiro atoms. The van der Waals surface area contributed by atoms with Crippen molar-refractivity contribution >= 4 is 0 Å². The van der Waals surface area contributed by atoms with Crippen LogP contribution in [0.25, 0.3) is 0 Å². The zero-order chi connectivity index (χ0) is 7.90. The van der Waals surface area contributed by atoms with Gasteiger partial charge in [0.1, 0.15) is 0 Å². The lowest BCUT2D eigenvalue weighted by molar-refractivity contribution is 0.0227. The van der Waals surface area contributed by atoms with Crippen LogP contribution in [0, 0.1) is 17.3 Å². The van der Waals surface area contributed by atoms with Gasteiger partial charge in [-0.2, -0.15) is 0 Å². The Morgan fingerprint density at radius 3 is 2.36 bits per heavy atom. The second-order valence-electron chi connectivity index (χ2n) is 4.89. The first-order valence-electron chi connectivity index (χ1n) is 5.26. The van der Waals surface area contributed by atoms with Gasteiger partial charge in [-0.1, -0.05) is 20.3 Å². The van der Waals surface area contributed by atoms with Gasteiger partial charge in [0.2, 0.25) is 0 Å². The molecule has 2 atom stereocenters. The third-order valence-electron chi connectivity index (χ3n) is 3.93. The molecule has 2 unspecified atom stereocenters. The molecule has 2 rings (SSSR count). The minimum Gasteiger partial charge on any atom is -0.0654 e. The lowest BCUT2D eigenvalue weighted by atomic mass is 9.57. The maximum Gasteiger partial charge on any atom is -0.0295 e. The molecule has 64 valence electrons. The van der Waals surface area contributed by atoms with Crippen LogP contribution in [0.4, 0.5) is 0 Å². The van der Waals surface area contributed by atoms with Gasteiger partial charge in [-0.25, -0.2) is 0 Å². The molecular weight excluding hydrogens is 132 g/mol. The second kappa shape index (κ2) is 2.50. The molecule has 0 heterocycles. The van der Waals surface area contributed by atoms with E-state index in [-0.39, 0.29) is 0 Å². The highest BCUT2D eigenvalue weighted by Gasteiger charge is 2.48. The zero-order valence-corrected chi connectivity index (χ0v) is 7.90. The molecule has 0 bridgehead atoms. The van der Waals surface area contributed by atoms with Crippen molar-refractivity contribution < 1.29 is 0 Å². The highest BCUT2D eigenvalue weighted by atomic mass is 14.5. The Hall–Kier alpha value is 0. The maximum atomic E-state index is 2.52. The molecule has 0 heteroatoms. The molecule has 2 aliphatic carbocycles. The summed E-state index contributed by atoms with van der Waals surface area (Å²) in [7, 11) is 0. The van der Waals surface area contributed by atoms with Crippen LogP contribution in [0.2, 0.25) is 0 Å². The summed E-state index contributed by atoms with van der Waals surface area (Å²) < 4.78 is 0. The van der Waals surface area contributed by atoms with E-state index in [4.69, 9.17) is 0 Å². The molecule has 0 amide bonds. The molecule has 0 saturated heterocycles. The van der Waals surface area contributed by atoms with E-state index in [9.17, 15) is 0 Å². The number of hydrogen-bond donors (Lipinski definition) is 0. The Balaban J connectivity index is 1.91. The van der Waals surface area contributed by atoms with Crippen LogP contribution in [0.5, 0.6) is 0 Å². The summed E-state index contributed by atoms with van der Waals surface area (Å²) >= 11 is 0. The molecule has 0 aliphatic heterocycles. The molecule has 0 radical (unpaired) electrons. The van der Waals surface area contributed by atoms with E-state index < -0.39 is 0 Å². The van der Waals surface area contributed by atoms with Crippen molar-refractivity contribution in [3.05, 3.63) is 0 Å². The van der Waals surface area contributed by atoms with Crippen molar-refractivity contribution in [3.63, 3.8) is 0 Å². The molecule has 0 nitrogen and oxygen atoms in total. The lowest BCUT2D eigenvalue weighted by Gasteiger charge is -2.48. The third kappa shape index (κ3) is 1.21. The summed E-state index contributed by atoms with van der Waals surface area (Å²) in [6, 6.07) is 0. The molecule has 0 N–H and O–H groups in total. The van der Waals surface area contributed by atoms with Gasteiger partial charge in [0.15, 0.2) is 0 Å². The Bertz CT molecular complexity index is 146. The largest absolute Gasteiger partial charge is 0.0654 e. The highest BCUT2D eigenvalue weighted by Crippen LogP contribution is 2.59. The molecular formula is C11H20. The minimum atomic E-state index is 0.774. The fraction of sp³-hybridized carbons (Fsp3) is 1.00. The van der Waals surface area contributed by atoms with Crippen molar-refractivity contribution in [1.82, 2.24) is 0 Å². The van der Waals surface area contributed by atoms with E-state index in [1.807, 2.05) is 0 Å². The summed E-state index contributed by atoms with van der Waals surface area (Å²) in [4.78, 5) is 0. The maximum absolute atomic E-state index is 2.52. The van der Waals surface area contributed by atoms with Crippen molar-refractivity contribution in [2.75, 3.05) is 0 Å². The van der Waals surface area contributed by atoms with Crippen molar-refractivity contribution in [3.8, 4) is 0 Å². The normalized spacial score (nSPS) is 43.6. The molecule has 11 heavy (non-hydrogen) atoms. The summed E-state index contributed by atoms with van der Waals surface area (Å²) in [5, 5.41) is 0. The average molecular weight is 152 g/mol. The van der Waals surface area contributed by atoms with Gasteiger partial charge in [0.05, 0.1) is 0 Å². The number of hydrogen-bond acceptors (Lipinski definition) is 0. The highest BCUT2D eigenvalue weighted by molar-refractivity contribution is 4.99. The second-order valence-corrected chi connectivity index (χ2v) is 4.89. The summed E-state index contributed by atoms with van der Waals surface area (Å²) in [6.07, 6.45) is 9.02. The van der Waals surface area contributed by atoms with E-state index in [1.54, 1.807) is 19.3 Å². The van der Waals surface area contributed by atoms with E-state index in [0.717, 1.165) is 17.3 Å². The first-order chi connectivity index (χ1) is 5.26. The Morgan fingerprint density at radius 2 is 2.00 bits per heavy atom. The smallest absolute Gasteiger partial charge is 0.0295 e. The molecule has 0 aromatic rings. The van der Waals surface area contributed by atoms with Crippen LogP contribution in [0.3, 0.4) is 0 Å². The van der Waals surface area contributed by atoms with Gasteiger partial charge in [-0.15, -0.1) is 0 Å². The minimum absolute atomic E-state index is 0.774. The molecule has 0 aromatic heterocycles. The predicted molar refractivity (Wildman–Crippen MR) is 48.5 cm³/mol. The third-order valence-corrected chi connectivity index (χ3v) is 3.93. The van der Waals surface area contributed by atoms with Gasteiger partial charge in [-0.3, -0.25) is 0 Å². The van der Waals surface area contributed by atoms with Crippen molar-refractivity contribution in [2.45, 2.75) is 52.4 Å². The van der Waals surface area contributed by atoms with Gasteiger partial charge in [0.25, 0.3) is 0 Å². The SMILES string of the molecule is CCCC1(C)CCC1C1CC1. The summed E-state index contributed by atoms with van der Waals surface area (Å²) in [5.41, 5.74) is 0.774. The fourth-order valence-electron chi connectivity index (χ4n) is 2.99. The Morgan fingerprint density at radius 1 is 1.27 bits per heavy atom. The van der Waals surface area contributed by atoms with Gasteiger partial charge in [0, 0.05) is 0 Å². The summed E-state index contributed by atoms with van der Waals surface area (Å²) in [5.74, 6) is 2.28. The van der Waals surface area contributed by atoms with Crippen LogP contribution >= 0.6 is 0 Å². The number of rotatable bonds is 3. The molecule has 2 saturated carbocycles. The van der Waals surface area contributed by atoms with E-state index >= 15 is 0 Å². The van der Waals surface area contributed by atoms with Crippen molar-refractivity contribution in [2.24, 2.45) is 17.3 Å². The lowest BCUT2D eigenvalue weighted by Crippen LogP contribution is -2.38. The topological polar surface area (TPSA) is 0 Å². The van der Waals surface area contributed by atoms with Crippen molar-refractivity contribution in [1.29, 1.82) is 0 Å². The first kappa shape index (κ1) is 7.64. The average Bonchev–Trinajstić information content (AvgIpc) is 2.70. The Labute approximate surface area is 70.4 Å². The zero-order valence-electron chi connectivity index (χ0n) is 7.90. The predicted octanol–water partition coefficient (Wildman–Crippen LogP) is 3.61. The van der Waals surface area contributed by atoms with E-state index in [0.29, 0.717) is 0 Å². The molecule has 2 fully saturated rings. The van der Waals surface area contributed by atoms with Crippen LogP contribution in [0.1, 0.15) is 52.4 Å². The van der Waals surface area contributed by atoms with Gasteiger partial charge >= 0.3 is 0 Å². The molecule has 2 aliphatic rings.